The molecule has 0 bridgehead atoms. The standard InChI is InChI=1S/C30H32O4/c31-22-8-3-1-2-4-9-23-34-28-19-17-27(18-20-28)30(33)26-15-13-25(14-16-26)29(32)21-12-24-10-6-5-7-11-24/h5-7,10-21,31H,1-4,8-9,22-23H2/b21-12+. The molecule has 0 amide bonds. The molecule has 4 nitrogen and oxygen atoms in total. The highest BCUT2D eigenvalue weighted by Crippen LogP contribution is 2.17. The lowest BCUT2D eigenvalue weighted by molar-refractivity contribution is 0.103. The van der Waals surface area contributed by atoms with Crippen molar-refractivity contribution in [3.8, 4) is 5.75 Å². The number of hydrogen-bond acceptors (Lipinski definition) is 4. The minimum Gasteiger partial charge on any atom is -0.494 e. The second-order valence-electron chi connectivity index (χ2n) is 8.23. The van der Waals surface area contributed by atoms with Crippen molar-refractivity contribution in [2.24, 2.45) is 0 Å². The number of ether oxygens (including phenoxy) is 1. The molecule has 3 rings (SSSR count). The zero-order chi connectivity index (χ0) is 24.0. The van der Waals surface area contributed by atoms with E-state index in [-0.39, 0.29) is 18.2 Å². The van der Waals surface area contributed by atoms with E-state index < -0.39 is 0 Å². The lowest BCUT2D eigenvalue weighted by Gasteiger charge is -2.07. The molecule has 176 valence electrons. The maximum atomic E-state index is 12.8. The van der Waals surface area contributed by atoms with E-state index in [4.69, 9.17) is 9.84 Å². The van der Waals surface area contributed by atoms with E-state index in [0.717, 1.165) is 49.8 Å². The molecule has 3 aromatic rings. The molecule has 0 atom stereocenters. The Morgan fingerprint density at radius 1 is 0.676 bits per heavy atom. The van der Waals surface area contributed by atoms with Crippen LogP contribution >= 0.6 is 0 Å². The van der Waals surface area contributed by atoms with Crippen LogP contribution in [-0.4, -0.2) is 29.9 Å². The Morgan fingerprint density at radius 3 is 1.88 bits per heavy atom. The van der Waals surface area contributed by atoms with Gasteiger partial charge in [0.15, 0.2) is 11.6 Å². The highest BCUT2D eigenvalue weighted by Gasteiger charge is 2.10. The molecular formula is C30H32O4. The van der Waals surface area contributed by atoms with E-state index in [9.17, 15) is 9.59 Å². The Balaban J connectivity index is 1.47. The molecule has 1 N–H and O–H groups in total. The van der Waals surface area contributed by atoms with Crippen LogP contribution in [0.3, 0.4) is 0 Å². The Kier molecular flexibility index (Phi) is 10.3. The molecule has 0 aromatic heterocycles. The summed E-state index contributed by atoms with van der Waals surface area (Å²) >= 11 is 0. The predicted molar refractivity (Wildman–Crippen MR) is 136 cm³/mol. The summed E-state index contributed by atoms with van der Waals surface area (Å²) in [6.07, 6.45) is 9.70. The van der Waals surface area contributed by atoms with Gasteiger partial charge in [-0.2, -0.15) is 0 Å². The molecule has 0 aliphatic carbocycles. The Hall–Kier alpha value is -3.50. The van der Waals surface area contributed by atoms with Crippen LogP contribution in [0.4, 0.5) is 0 Å². The fourth-order valence-electron chi connectivity index (χ4n) is 3.60. The topological polar surface area (TPSA) is 63.6 Å². The van der Waals surface area contributed by atoms with Crippen molar-refractivity contribution in [3.05, 3.63) is 107 Å². The third-order valence-corrected chi connectivity index (χ3v) is 5.60. The van der Waals surface area contributed by atoms with Crippen molar-refractivity contribution in [2.75, 3.05) is 13.2 Å². The summed E-state index contributed by atoms with van der Waals surface area (Å²) in [7, 11) is 0. The van der Waals surface area contributed by atoms with Gasteiger partial charge in [0.05, 0.1) is 6.61 Å². The Labute approximate surface area is 201 Å². The molecule has 0 spiro atoms. The van der Waals surface area contributed by atoms with Gasteiger partial charge in [-0.3, -0.25) is 9.59 Å². The zero-order valence-electron chi connectivity index (χ0n) is 19.5. The van der Waals surface area contributed by atoms with Crippen molar-refractivity contribution in [1.29, 1.82) is 0 Å². The van der Waals surface area contributed by atoms with E-state index in [1.165, 1.54) is 0 Å². The molecule has 0 heterocycles. The Morgan fingerprint density at radius 2 is 1.24 bits per heavy atom. The van der Waals surface area contributed by atoms with Crippen LogP contribution in [0.5, 0.6) is 5.75 Å². The molecule has 0 aliphatic heterocycles. The van der Waals surface area contributed by atoms with E-state index in [1.54, 1.807) is 48.6 Å². The SMILES string of the molecule is O=C(/C=C/c1ccccc1)c1ccc(C(=O)c2ccc(OCCCCCCCCO)cc2)cc1. The van der Waals surface area contributed by atoms with Crippen molar-refractivity contribution in [1.82, 2.24) is 0 Å². The molecule has 0 saturated carbocycles. The number of hydrogen-bond donors (Lipinski definition) is 1. The summed E-state index contributed by atoms with van der Waals surface area (Å²) in [6, 6.07) is 23.6. The van der Waals surface area contributed by atoms with Gasteiger partial charge in [0, 0.05) is 23.3 Å². The van der Waals surface area contributed by atoms with Gasteiger partial charge in [-0.1, -0.05) is 86.4 Å². The van der Waals surface area contributed by atoms with Crippen LogP contribution in [0.2, 0.25) is 0 Å². The van der Waals surface area contributed by atoms with Crippen LogP contribution < -0.4 is 4.74 Å². The first kappa shape index (κ1) is 25.1. The third-order valence-electron chi connectivity index (χ3n) is 5.60. The van der Waals surface area contributed by atoms with E-state index >= 15 is 0 Å². The summed E-state index contributed by atoms with van der Waals surface area (Å²) in [5.41, 5.74) is 2.63. The summed E-state index contributed by atoms with van der Waals surface area (Å²) in [5.74, 6) is 0.561. The maximum Gasteiger partial charge on any atom is 0.193 e. The van der Waals surface area contributed by atoms with Gasteiger partial charge >= 0.3 is 0 Å². The number of aliphatic hydroxyl groups excluding tert-OH is 1. The minimum absolute atomic E-state index is 0.0896. The van der Waals surface area contributed by atoms with Crippen LogP contribution in [0.25, 0.3) is 6.08 Å². The normalized spacial score (nSPS) is 11.0. The molecule has 0 aliphatic rings. The fraction of sp³-hybridized carbons (Fsp3) is 0.267. The number of ketones is 2. The van der Waals surface area contributed by atoms with E-state index in [0.29, 0.717) is 23.3 Å². The molecular weight excluding hydrogens is 424 g/mol. The van der Waals surface area contributed by atoms with Crippen molar-refractivity contribution >= 4 is 17.6 Å². The summed E-state index contributed by atoms with van der Waals surface area (Å²) in [6.45, 7) is 0.931. The van der Waals surface area contributed by atoms with Gasteiger partial charge in [-0.25, -0.2) is 0 Å². The largest absolute Gasteiger partial charge is 0.494 e. The molecule has 4 heteroatoms. The second kappa shape index (κ2) is 13.9. The van der Waals surface area contributed by atoms with E-state index in [2.05, 4.69) is 0 Å². The zero-order valence-corrected chi connectivity index (χ0v) is 19.5. The second-order valence-corrected chi connectivity index (χ2v) is 8.23. The van der Waals surface area contributed by atoms with Crippen molar-refractivity contribution < 1.29 is 19.4 Å². The van der Waals surface area contributed by atoms with Crippen LogP contribution in [-0.2, 0) is 0 Å². The van der Waals surface area contributed by atoms with E-state index in [1.807, 2.05) is 42.5 Å². The lowest BCUT2D eigenvalue weighted by atomic mass is 10.0. The minimum atomic E-state index is -0.102. The quantitative estimate of drug-likeness (QED) is 0.170. The van der Waals surface area contributed by atoms with Crippen LogP contribution in [0, 0.1) is 0 Å². The highest BCUT2D eigenvalue weighted by atomic mass is 16.5. The monoisotopic (exact) mass is 456 g/mol. The molecule has 0 fully saturated rings. The molecule has 0 unspecified atom stereocenters. The van der Waals surface area contributed by atoms with Crippen LogP contribution in [0.15, 0.2) is 84.9 Å². The van der Waals surface area contributed by atoms with Crippen molar-refractivity contribution in [2.45, 2.75) is 38.5 Å². The Bertz CT molecular complexity index is 1050. The summed E-state index contributed by atoms with van der Waals surface area (Å²) < 4.78 is 5.78. The number of carbonyl (C=O) groups is 2. The fourth-order valence-corrected chi connectivity index (χ4v) is 3.60. The van der Waals surface area contributed by atoms with Gasteiger partial charge in [0.25, 0.3) is 0 Å². The first-order chi connectivity index (χ1) is 16.7. The predicted octanol–water partition coefficient (Wildman–Crippen LogP) is 6.53. The van der Waals surface area contributed by atoms with Gasteiger partial charge in [0.1, 0.15) is 5.75 Å². The average molecular weight is 457 g/mol. The van der Waals surface area contributed by atoms with Gasteiger partial charge < -0.3 is 9.84 Å². The average Bonchev–Trinajstić information content (AvgIpc) is 2.89. The molecule has 34 heavy (non-hydrogen) atoms. The van der Waals surface area contributed by atoms with Gasteiger partial charge in [-0.15, -0.1) is 0 Å². The molecule has 3 aromatic carbocycles. The van der Waals surface area contributed by atoms with Gasteiger partial charge in [0.2, 0.25) is 0 Å². The highest BCUT2D eigenvalue weighted by molar-refractivity contribution is 6.10. The number of aliphatic hydroxyl groups is 1. The smallest absolute Gasteiger partial charge is 0.193 e. The maximum absolute atomic E-state index is 12.8. The molecule has 0 saturated heterocycles. The lowest BCUT2D eigenvalue weighted by Crippen LogP contribution is -2.03. The number of allylic oxidation sites excluding steroid dienone is 1. The first-order valence-corrected chi connectivity index (χ1v) is 11.9. The van der Waals surface area contributed by atoms with Gasteiger partial charge in [-0.05, 0) is 48.7 Å². The van der Waals surface area contributed by atoms with Crippen LogP contribution in [0.1, 0.15) is 70.4 Å². The number of carbonyl (C=O) groups excluding carboxylic acids is 2. The first-order valence-electron chi connectivity index (χ1n) is 11.9. The number of benzene rings is 3. The van der Waals surface area contributed by atoms with Crippen molar-refractivity contribution in [3.63, 3.8) is 0 Å². The summed E-state index contributed by atoms with van der Waals surface area (Å²) in [5, 5.41) is 8.78. The number of unbranched alkanes of at least 4 members (excludes halogenated alkanes) is 5. The molecule has 0 radical (unpaired) electrons. The number of rotatable bonds is 14. The summed E-state index contributed by atoms with van der Waals surface area (Å²) in [4.78, 5) is 25.2. The third kappa shape index (κ3) is 8.13.